The smallest absolute Gasteiger partial charge is 0.457 e. The summed E-state index contributed by atoms with van der Waals surface area (Å²) in [6.07, 6.45) is 0.0178. The van der Waals surface area contributed by atoms with E-state index < -0.39 is 14.8 Å². The van der Waals surface area contributed by atoms with E-state index >= 15 is 0 Å². The molecule has 0 fully saturated rings. The van der Waals surface area contributed by atoms with E-state index in [9.17, 15) is 4.79 Å². The monoisotopic (exact) mass is 550 g/mol. The predicted octanol–water partition coefficient (Wildman–Crippen LogP) is 3.64. The molecule has 0 aliphatic rings. The number of esters is 1. The third-order valence-corrected chi connectivity index (χ3v) is 8.18. The number of halogens is 2. The zero-order chi connectivity index (χ0) is 16.6. The fourth-order valence-electron chi connectivity index (χ4n) is 1.77. The van der Waals surface area contributed by atoms with E-state index in [1.54, 1.807) is 12.1 Å². The third-order valence-electron chi connectivity index (χ3n) is 2.63. The van der Waals surface area contributed by atoms with Gasteiger partial charge in [-0.05, 0) is 84.2 Å². The quantitative estimate of drug-likeness (QED) is 0.267. The molecule has 0 aromatic heterocycles. The maximum Gasteiger partial charge on any atom is 0.540 e. The molecular formula is C14H20I2O5Si. The van der Waals surface area contributed by atoms with E-state index in [4.69, 9.17) is 18.0 Å². The summed E-state index contributed by atoms with van der Waals surface area (Å²) in [6, 6.07) is 5.44. The molecule has 124 valence electrons. The topological polar surface area (TPSA) is 54.0 Å². The molecule has 0 saturated carbocycles. The molecule has 0 aliphatic heterocycles. The number of hydrogen-bond acceptors (Lipinski definition) is 5. The summed E-state index contributed by atoms with van der Waals surface area (Å²) < 4.78 is 24.5. The molecular weight excluding hydrogens is 530 g/mol. The van der Waals surface area contributed by atoms with Crippen molar-refractivity contribution in [1.82, 2.24) is 0 Å². The van der Waals surface area contributed by atoms with E-state index in [-0.39, 0.29) is 6.23 Å². The van der Waals surface area contributed by atoms with Crippen LogP contribution in [0, 0.1) is 7.14 Å². The van der Waals surface area contributed by atoms with Gasteiger partial charge in [0.05, 0.1) is 5.56 Å². The Labute approximate surface area is 159 Å². The van der Waals surface area contributed by atoms with Crippen LogP contribution in [0.15, 0.2) is 18.2 Å². The van der Waals surface area contributed by atoms with Gasteiger partial charge in [-0.2, -0.15) is 0 Å². The van der Waals surface area contributed by atoms with Crippen LogP contribution in [0.4, 0.5) is 0 Å². The SMILES string of the molecule is CCO[Si](COC(=O)c1ccc(I)c(I)c1)(OCC)OCC. The molecule has 5 nitrogen and oxygen atoms in total. The van der Waals surface area contributed by atoms with Crippen LogP contribution >= 0.6 is 45.2 Å². The highest BCUT2D eigenvalue weighted by molar-refractivity contribution is 14.1. The second-order valence-electron chi connectivity index (χ2n) is 4.19. The molecule has 22 heavy (non-hydrogen) atoms. The van der Waals surface area contributed by atoms with Crippen molar-refractivity contribution in [3.8, 4) is 0 Å². The van der Waals surface area contributed by atoms with Crippen molar-refractivity contribution in [2.45, 2.75) is 20.8 Å². The summed E-state index contributed by atoms with van der Waals surface area (Å²) in [5.74, 6) is -0.398. The minimum Gasteiger partial charge on any atom is -0.457 e. The summed E-state index contributed by atoms with van der Waals surface area (Å²) in [6.45, 7) is 6.94. The van der Waals surface area contributed by atoms with E-state index in [0.29, 0.717) is 25.4 Å². The van der Waals surface area contributed by atoms with Crippen LogP contribution in [-0.2, 0) is 18.0 Å². The Morgan fingerprint density at radius 1 is 1.00 bits per heavy atom. The van der Waals surface area contributed by atoms with Crippen molar-refractivity contribution >= 4 is 60.0 Å². The van der Waals surface area contributed by atoms with Gasteiger partial charge >= 0.3 is 14.8 Å². The third kappa shape index (κ3) is 6.04. The Hall–Kier alpha value is 0.247. The van der Waals surface area contributed by atoms with Gasteiger partial charge in [0.2, 0.25) is 0 Å². The molecule has 0 bridgehead atoms. The van der Waals surface area contributed by atoms with Crippen molar-refractivity contribution in [2.24, 2.45) is 0 Å². The maximum absolute atomic E-state index is 12.2. The highest BCUT2D eigenvalue weighted by Gasteiger charge is 2.42. The number of benzene rings is 1. The Morgan fingerprint density at radius 3 is 2.00 bits per heavy atom. The van der Waals surface area contributed by atoms with E-state index in [2.05, 4.69) is 45.2 Å². The summed E-state index contributed by atoms with van der Waals surface area (Å²) in [5, 5.41) is 0. The van der Waals surface area contributed by atoms with Gasteiger partial charge < -0.3 is 18.0 Å². The van der Waals surface area contributed by atoms with Crippen molar-refractivity contribution in [3.05, 3.63) is 30.9 Å². The molecule has 0 spiro atoms. The van der Waals surface area contributed by atoms with Gasteiger partial charge in [-0.1, -0.05) is 0 Å². The van der Waals surface area contributed by atoms with Crippen molar-refractivity contribution in [1.29, 1.82) is 0 Å². The van der Waals surface area contributed by atoms with Crippen molar-refractivity contribution in [3.63, 3.8) is 0 Å². The first-order chi connectivity index (χ1) is 10.5. The molecule has 0 aliphatic carbocycles. The minimum atomic E-state index is -2.96. The molecule has 0 radical (unpaired) electrons. The highest BCUT2D eigenvalue weighted by atomic mass is 127. The Morgan fingerprint density at radius 2 is 1.55 bits per heavy atom. The zero-order valence-corrected chi connectivity index (χ0v) is 18.2. The normalized spacial score (nSPS) is 11.5. The average Bonchev–Trinajstić information content (AvgIpc) is 2.48. The van der Waals surface area contributed by atoms with Crippen LogP contribution in [0.2, 0.25) is 0 Å². The van der Waals surface area contributed by atoms with E-state index in [1.807, 2.05) is 26.8 Å². The number of ether oxygens (including phenoxy) is 1. The molecule has 0 heterocycles. The molecule has 0 saturated heterocycles. The lowest BCUT2D eigenvalue weighted by Crippen LogP contribution is -2.51. The van der Waals surface area contributed by atoms with Crippen LogP contribution in [0.5, 0.6) is 0 Å². The second-order valence-corrected chi connectivity index (χ2v) is 9.03. The van der Waals surface area contributed by atoms with Gasteiger partial charge in [0, 0.05) is 27.0 Å². The molecule has 0 N–H and O–H groups in total. The lowest BCUT2D eigenvalue weighted by molar-refractivity contribution is 0.0247. The largest absolute Gasteiger partial charge is 0.540 e. The van der Waals surface area contributed by atoms with Gasteiger partial charge in [0.15, 0.2) is 6.23 Å². The molecule has 8 heteroatoms. The van der Waals surface area contributed by atoms with Crippen molar-refractivity contribution < 1.29 is 22.8 Å². The Bertz CT molecular complexity index is 481. The number of rotatable bonds is 9. The molecule has 0 unspecified atom stereocenters. The van der Waals surface area contributed by atoms with Crippen LogP contribution in [0.3, 0.4) is 0 Å². The molecule has 0 atom stereocenters. The Kier molecular flexibility index (Phi) is 9.39. The fraction of sp³-hybridized carbons (Fsp3) is 0.500. The molecule has 0 amide bonds. The average molecular weight is 550 g/mol. The first-order valence-corrected chi connectivity index (χ1v) is 11.1. The lowest BCUT2D eigenvalue weighted by Gasteiger charge is -2.27. The van der Waals surface area contributed by atoms with Crippen LogP contribution in [0.25, 0.3) is 0 Å². The summed E-state index contributed by atoms with van der Waals surface area (Å²) in [7, 11) is -2.96. The number of hydrogen-bond donors (Lipinski definition) is 0. The van der Waals surface area contributed by atoms with Gasteiger partial charge in [-0.15, -0.1) is 0 Å². The lowest BCUT2D eigenvalue weighted by atomic mass is 10.2. The van der Waals surface area contributed by atoms with Gasteiger partial charge in [0.25, 0.3) is 0 Å². The Balaban J connectivity index is 2.77. The molecule has 1 aromatic carbocycles. The predicted molar refractivity (Wildman–Crippen MR) is 103 cm³/mol. The summed E-state index contributed by atoms with van der Waals surface area (Å²) >= 11 is 4.41. The molecule has 1 aromatic rings. The summed E-state index contributed by atoms with van der Waals surface area (Å²) in [4.78, 5) is 12.2. The second kappa shape index (κ2) is 10.2. The van der Waals surface area contributed by atoms with Crippen LogP contribution in [0.1, 0.15) is 31.1 Å². The molecule has 1 rings (SSSR count). The number of carbonyl (C=O) groups excluding carboxylic acids is 1. The van der Waals surface area contributed by atoms with Crippen molar-refractivity contribution in [2.75, 3.05) is 26.1 Å². The van der Waals surface area contributed by atoms with Crippen LogP contribution in [-0.4, -0.2) is 40.8 Å². The van der Waals surface area contributed by atoms with Gasteiger partial charge in [-0.3, -0.25) is 0 Å². The minimum absolute atomic E-state index is 0.0178. The first kappa shape index (κ1) is 20.3. The van der Waals surface area contributed by atoms with E-state index in [1.165, 1.54) is 0 Å². The van der Waals surface area contributed by atoms with Gasteiger partial charge in [0.1, 0.15) is 0 Å². The van der Waals surface area contributed by atoms with E-state index in [0.717, 1.165) is 7.14 Å². The number of carbonyl (C=O) groups is 1. The standard InChI is InChI=1S/C14H20I2O5Si/c1-4-19-22(20-5-2,21-6-3)10-18-14(17)11-7-8-12(15)13(16)9-11/h7-9H,4-6,10H2,1-3H3. The highest BCUT2D eigenvalue weighted by Crippen LogP contribution is 2.18. The summed E-state index contributed by atoms with van der Waals surface area (Å²) in [5.41, 5.74) is 0.511. The van der Waals surface area contributed by atoms with Crippen LogP contribution < -0.4 is 0 Å². The first-order valence-electron chi connectivity index (χ1n) is 7.02. The van der Waals surface area contributed by atoms with Gasteiger partial charge in [-0.25, -0.2) is 4.79 Å². The zero-order valence-electron chi connectivity index (χ0n) is 12.9. The maximum atomic E-state index is 12.2. The fourth-order valence-corrected chi connectivity index (χ4v) is 4.75.